The summed E-state index contributed by atoms with van der Waals surface area (Å²) in [5.41, 5.74) is 1.04. The van der Waals surface area contributed by atoms with E-state index in [1.54, 1.807) is 18.2 Å². The van der Waals surface area contributed by atoms with Crippen LogP contribution in [0.3, 0.4) is 0 Å². The normalized spacial score (nSPS) is 16.6. The summed E-state index contributed by atoms with van der Waals surface area (Å²) in [6, 6.07) is 8.87. The first-order valence-corrected chi connectivity index (χ1v) is 8.04. The third-order valence-electron chi connectivity index (χ3n) is 4.13. The van der Waals surface area contributed by atoms with E-state index in [4.69, 9.17) is 14.2 Å². The Kier molecular flexibility index (Phi) is 5.19. The van der Waals surface area contributed by atoms with Crippen LogP contribution < -0.4 is 9.47 Å². The molecular formula is C19H19FO5. The molecule has 1 heterocycles. The van der Waals surface area contributed by atoms with Crippen molar-refractivity contribution < 1.29 is 28.5 Å². The molecule has 0 spiro atoms. The van der Waals surface area contributed by atoms with Crippen molar-refractivity contribution in [3.05, 3.63) is 47.8 Å². The van der Waals surface area contributed by atoms with E-state index in [1.807, 2.05) is 0 Å². The Morgan fingerprint density at radius 1 is 1.28 bits per heavy atom. The van der Waals surface area contributed by atoms with Crippen molar-refractivity contribution in [2.24, 2.45) is 0 Å². The Morgan fingerprint density at radius 3 is 2.76 bits per heavy atom. The Morgan fingerprint density at radius 2 is 2.08 bits per heavy atom. The van der Waals surface area contributed by atoms with E-state index in [-0.39, 0.29) is 17.4 Å². The number of carbonyl (C=O) groups is 1. The highest BCUT2D eigenvalue weighted by atomic mass is 19.1. The van der Waals surface area contributed by atoms with Crippen LogP contribution in [-0.2, 0) is 4.74 Å². The average Bonchev–Trinajstić information content (AvgIpc) is 3.13. The van der Waals surface area contributed by atoms with E-state index in [0.717, 1.165) is 19.4 Å². The molecule has 0 bridgehead atoms. The van der Waals surface area contributed by atoms with E-state index in [9.17, 15) is 14.3 Å². The van der Waals surface area contributed by atoms with Crippen molar-refractivity contribution in [3.63, 3.8) is 0 Å². The van der Waals surface area contributed by atoms with Crippen molar-refractivity contribution in [2.75, 3.05) is 20.3 Å². The second kappa shape index (κ2) is 7.53. The number of carboxylic acids is 1. The maximum atomic E-state index is 13.8. The zero-order valence-electron chi connectivity index (χ0n) is 13.8. The molecule has 0 radical (unpaired) electrons. The number of aromatic carboxylic acids is 1. The van der Waals surface area contributed by atoms with Crippen molar-refractivity contribution in [1.82, 2.24) is 0 Å². The molecular weight excluding hydrogens is 327 g/mol. The summed E-state index contributed by atoms with van der Waals surface area (Å²) < 4.78 is 30.2. The van der Waals surface area contributed by atoms with Gasteiger partial charge in [0, 0.05) is 12.2 Å². The Bertz CT molecular complexity index is 768. The van der Waals surface area contributed by atoms with Crippen molar-refractivity contribution in [2.45, 2.75) is 18.9 Å². The van der Waals surface area contributed by atoms with Crippen LogP contribution in [0.4, 0.5) is 4.39 Å². The minimum Gasteiger partial charge on any atom is -0.496 e. The lowest BCUT2D eigenvalue weighted by Gasteiger charge is -2.16. The molecule has 5 nitrogen and oxygen atoms in total. The van der Waals surface area contributed by atoms with E-state index >= 15 is 0 Å². The number of hydrogen-bond acceptors (Lipinski definition) is 4. The molecule has 6 heteroatoms. The van der Waals surface area contributed by atoms with Gasteiger partial charge in [-0.3, -0.25) is 0 Å². The zero-order chi connectivity index (χ0) is 17.8. The second-order valence-electron chi connectivity index (χ2n) is 5.81. The number of ether oxygens (including phenoxy) is 3. The van der Waals surface area contributed by atoms with Crippen LogP contribution in [0, 0.1) is 5.82 Å². The van der Waals surface area contributed by atoms with Crippen LogP contribution in [0.2, 0.25) is 0 Å². The van der Waals surface area contributed by atoms with Gasteiger partial charge in [0.15, 0.2) is 0 Å². The highest BCUT2D eigenvalue weighted by Crippen LogP contribution is 2.34. The van der Waals surface area contributed by atoms with Gasteiger partial charge in [0.25, 0.3) is 0 Å². The first kappa shape index (κ1) is 17.2. The fraction of sp³-hybridized carbons (Fsp3) is 0.316. The van der Waals surface area contributed by atoms with Gasteiger partial charge in [0.2, 0.25) is 0 Å². The lowest BCUT2D eigenvalue weighted by Crippen LogP contribution is -2.16. The van der Waals surface area contributed by atoms with Gasteiger partial charge in [-0.2, -0.15) is 0 Å². The van der Waals surface area contributed by atoms with Crippen LogP contribution >= 0.6 is 0 Å². The number of benzene rings is 2. The number of hydrogen-bond donors (Lipinski definition) is 1. The summed E-state index contributed by atoms with van der Waals surface area (Å²) in [4.78, 5) is 11.4. The maximum Gasteiger partial charge on any atom is 0.339 e. The lowest BCUT2D eigenvalue weighted by atomic mass is 10.0. The van der Waals surface area contributed by atoms with Crippen LogP contribution in [0.5, 0.6) is 11.5 Å². The SMILES string of the molecule is COc1ccc(-c2cc(F)ccc2OCC2CCCO2)cc1C(=O)O. The third kappa shape index (κ3) is 3.91. The van der Waals surface area contributed by atoms with Gasteiger partial charge < -0.3 is 19.3 Å². The van der Waals surface area contributed by atoms with Gasteiger partial charge in [-0.05, 0) is 48.7 Å². The largest absolute Gasteiger partial charge is 0.496 e. The maximum absolute atomic E-state index is 13.8. The monoisotopic (exact) mass is 346 g/mol. The molecule has 2 aromatic carbocycles. The van der Waals surface area contributed by atoms with Gasteiger partial charge in [0.05, 0.1) is 13.2 Å². The van der Waals surface area contributed by atoms with Gasteiger partial charge in [-0.25, -0.2) is 9.18 Å². The smallest absolute Gasteiger partial charge is 0.339 e. The molecule has 2 aromatic rings. The quantitative estimate of drug-likeness (QED) is 0.863. The molecule has 1 fully saturated rings. The molecule has 0 aliphatic carbocycles. The molecule has 1 aliphatic rings. The van der Waals surface area contributed by atoms with E-state index in [2.05, 4.69) is 0 Å². The number of halogens is 1. The summed E-state index contributed by atoms with van der Waals surface area (Å²) in [6.07, 6.45) is 1.97. The Balaban J connectivity index is 1.93. The summed E-state index contributed by atoms with van der Waals surface area (Å²) in [6.45, 7) is 1.10. The third-order valence-corrected chi connectivity index (χ3v) is 4.13. The number of methoxy groups -OCH3 is 1. The number of carboxylic acid groups (broad SMARTS) is 1. The molecule has 1 N–H and O–H groups in total. The highest BCUT2D eigenvalue weighted by Gasteiger charge is 2.19. The highest BCUT2D eigenvalue weighted by molar-refractivity contribution is 5.93. The summed E-state index contributed by atoms with van der Waals surface area (Å²) in [5.74, 6) is -0.808. The molecule has 0 saturated carbocycles. The van der Waals surface area contributed by atoms with Crippen LogP contribution in [0.25, 0.3) is 11.1 Å². The first-order chi connectivity index (χ1) is 12.1. The fourth-order valence-electron chi connectivity index (χ4n) is 2.85. The molecule has 3 rings (SSSR count). The molecule has 1 aliphatic heterocycles. The molecule has 0 amide bonds. The number of rotatable bonds is 6. The van der Waals surface area contributed by atoms with Gasteiger partial charge in [0.1, 0.15) is 29.5 Å². The molecule has 25 heavy (non-hydrogen) atoms. The molecule has 1 saturated heterocycles. The van der Waals surface area contributed by atoms with Gasteiger partial charge in [-0.1, -0.05) is 6.07 Å². The minimum atomic E-state index is -1.11. The fourth-order valence-corrected chi connectivity index (χ4v) is 2.85. The van der Waals surface area contributed by atoms with Gasteiger partial charge in [-0.15, -0.1) is 0 Å². The molecule has 1 unspecified atom stereocenters. The summed E-state index contributed by atoms with van der Waals surface area (Å²) in [7, 11) is 1.40. The Labute approximate surface area is 144 Å². The summed E-state index contributed by atoms with van der Waals surface area (Å²) in [5, 5.41) is 9.34. The molecule has 0 aromatic heterocycles. The van der Waals surface area contributed by atoms with Crippen LogP contribution in [-0.4, -0.2) is 37.5 Å². The van der Waals surface area contributed by atoms with Crippen LogP contribution in [0.1, 0.15) is 23.2 Å². The van der Waals surface area contributed by atoms with Crippen molar-refractivity contribution in [1.29, 1.82) is 0 Å². The van der Waals surface area contributed by atoms with E-state index in [1.165, 1.54) is 25.3 Å². The standard InChI is InChI=1S/C19H19FO5/c1-23-17-6-4-12(9-16(17)19(21)22)15-10-13(20)5-7-18(15)25-11-14-3-2-8-24-14/h4-7,9-10,14H,2-3,8,11H2,1H3,(H,21,22). The topological polar surface area (TPSA) is 65.0 Å². The van der Waals surface area contributed by atoms with E-state index in [0.29, 0.717) is 23.5 Å². The average molecular weight is 346 g/mol. The molecule has 1 atom stereocenters. The van der Waals surface area contributed by atoms with Crippen molar-refractivity contribution in [3.8, 4) is 22.6 Å². The van der Waals surface area contributed by atoms with Crippen molar-refractivity contribution >= 4 is 5.97 Å². The van der Waals surface area contributed by atoms with Gasteiger partial charge >= 0.3 is 5.97 Å². The second-order valence-corrected chi connectivity index (χ2v) is 5.81. The predicted octanol–water partition coefficient (Wildman–Crippen LogP) is 3.76. The Hall–Kier alpha value is -2.60. The predicted molar refractivity (Wildman–Crippen MR) is 89.8 cm³/mol. The minimum absolute atomic E-state index is 0.00865. The lowest BCUT2D eigenvalue weighted by molar-refractivity contribution is 0.0681. The molecule has 132 valence electrons. The zero-order valence-corrected chi connectivity index (χ0v) is 13.8. The van der Waals surface area contributed by atoms with E-state index < -0.39 is 11.8 Å². The summed E-state index contributed by atoms with van der Waals surface area (Å²) >= 11 is 0. The van der Waals surface area contributed by atoms with Crippen LogP contribution in [0.15, 0.2) is 36.4 Å². The first-order valence-electron chi connectivity index (χ1n) is 8.04.